The van der Waals surface area contributed by atoms with Gasteiger partial charge >= 0.3 is 0 Å². The van der Waals surface area contributed by atoms with Crippen LogP contribution >= 0.6 is 11.8 Å². The van der Waals surface area contributed by atoms with Crippen LogP contribution < -0.4 is 0 Å². The zero-order chi connectivity index (χ0) is 17.9. The van der Waals surface area contributed by atoms with Gasteiger partial charge < -0.3 is 9.84 Å². The number of rotatable bonds is 19. The predicted molar refractivity (Wildman–Crippen MR) is 110 cm³/mol. The third-order valence-corrected chi connectivity index (χ3v) is 6.07. The molecule has 24 heavy (non-hydrogen) atoms. The Balaban J connectivity index is 3.88. The SMILES string of the molecule is CCCCCCCC(CCCCCCC)CCSCC(CO)OC. The van der Waals surface area contributed by atoms with Crippen molar-refractivity contribution in [1.29, 1.82) is 0 Å². The Morgan fingerprint density at radius 1 is 0.792 bits per heavy atom. The van der Waals surface area contributed by atoms with E-state index >= 15 is 0 Å². The fourth-order valence-electron chi connectivity index (χ4n) is 3.17. The number of hydrogen-bond donors (Lipinski definition) is 1. The van der Waals surface area contributed by atoms with Gasteiger partial charge in [0.05, 0.1) is 12.7 Å². The summed E-state index contributed by atoms with van der Waals surface area (Å²) in [5.74, 6) is 3.05. The predicted octanol–water partition coefficient (Wildman–Crippen LogP) is 6.45. The normalized spacial score (nSPS) is 12.9. The van der Waals surface area contributed by atoms with Crippen LogP contribution in [0.4, 0.5) is 0 Å². The molecule has 0 aromatic heterocycles. The average molecular weight is 361 g/mol. The summed E-state index contributed by atoms with van der Waals surface area (Å²) in [6.07, 6.45) is 18.2. The molecule has 0 fully saturated rings. The first-order chi connectivity index (χ1) is 11.8. The molecule has 0 aromatic carbocycles. The van der Waals surface area contributed by atoms with Gasteiger partial charge in [-0.25, -0.2) is 0 Å². The minimum absolute atomic E-state index is 0.0107. The number of unbranched alkanes of at least 4 members (excludes halogenated alkanes) is 8. The molecule has 0 aliphatic carbocycles. The van der Waals surface area contributed by atoms with Crippen molar-refractivity contribution < 1.29 is 9.84 Å². The highest BCUT2D eigenvalue weighted by molar-refractivity contribution is 7.99. The van der Waals surface area contributed by atoms with Gasteiger partial charge in [-0.1, -0.05) is 90.9 Å². The smallest absolute Gasteiger partial charge is 0.0892 e. The van der Waals surface area contributed by atoms with Crippen LogP contribution in [0.15, 0.2) is 0 Å². The molecule has 0 aromatic rings. The molecule has 1 atom stereocenters. The monoisotopic (exact) mass is 360 g/mol. The highest BCUT2D eigenvalue weighted by atomic mass is 32.2. The van der Waals surface area contributed by atoms with E-state index in [1.807, 2.05) is 11.8 Å². The first-order valence-corrected chi connectivity index (χ1v) is 11.6. The van der Waals surface area contributed by atoms with E-state index in [9.17, 15) is 5.11 Å². The Morgan fingerprint density at radius 2 is 1.33 bits per heavy atom. The molecule has 0 heterocycles. The standard InChI is InChI=1S/C21H44O2S/c1-4-6-8-10-12-14-20(15-13-11-9-7-5-2)16-17-24-19-21(18-22)23-3/h20-22H,4-19H2,1-3H3. The fourth-order valence-corrected chi connectivity index (χ4v) is 4.34. The molecule has 1 N–H and O–H groups in total. The summed E-state index contributed by atoms with van der Waals surface area (Å²) in [7, 11) is 1.69. The lowest BCUT2D eigenvalue weighted by atomic mass is 9.92. The van der Waals surface area contributed by atoms with E-state index in [1.165, 1.54) is 89.2 Å². The van der Waals surface area contributed by atoms with Crippen molar-refractivity contribution in [2.75, 3.05) is 25.2 Å². The van der Waals surface area contributed by atoms with E-state index in [0.717, 1.165) is 11.7 Å². The van der Waals surface area contributed by atoms with Crippen LogP contribution in [0.25, 0.3) is 0 Å². The van der Waals surface area contributed by atoms with Crippen LogP contribution in [0, 0.1) is 5.92 Å². The first kappa shape index (κ1) is 24.3. The van der Waals surface area contributed by atoms with Gasteiger partial charge in [-0.15, -0.1) is 0 Å². The Kier molecular flexibility index (Phi) is 19.8. The third kappa shape index (κ3) is 15.8. The van der Waals surface area contributed by atoms with E-state index in [4.69, 9.17) is 4.74 Å². The molecule has 3 heteroatoms. The van der Waals surface area contributed by atoms with Crippen molar-refractivity contribution in [2.24, 2.45) is 5.92 Å². The highest BCUT2D eigenvalue weighted by Crippen LogP contribution is 2.24. The van der Waals surface area contributed by atoms with Gasteiger partial charge in [0, 0.05) is 12.9 Å². The van der Waals surface area contributed by atoms with Gasteiger partial charge in [-0.2, -0.15) is 11.8 Å². The van der Waals surface area contributed by atoms with E-state index in [0.29, 0.717) is 0 Å². The van der Waals surface area contributed by atoms with Gasteiger partial charge in [0.1, 0.15) is 0 Å². The average Bonchev–Trinajstić information content (AvgIpc) is 2.60. The highest BCUT2D eigenvalue weighted by Gasteiger charge is 2.10. The number of methoxy groups -OCH3 is 1. The van der Waals surface area contributed by atoms with E-state index < -0.39 is 0 Å². The summed E-state index contributed by atoms with van der Waals surface area (Å²) in [5.41, 5.74) is 0. The van der Waals surface area contributed by atoms with Crippen molar-refractivity contribution in [3.8, 4) is 0 Å². The number of ether oxygens (including phenoxy) is 1. The molecule has 0 aliphatic heterocycles. The fraction of sp³-hybridized carbons (Fsp3) is 1.00. The maximum Gasteiger partial charge on any atom is 0.0892 e. The van der Waals surface area contributed by atoms with Crippen LogP contribution in [0.5, 0.6) is 0 Å². The lowest BCUT2D eigenvalue weighted by Gasteiger charge is -2.18. The second-order valence-corrected chi connectivity index (χ2v) is 8.33. The number of thioether (sulfide) groups is 1. The minimum atomic E-state index is 0.0107. The summed E-state index contributed by atoms with van der Waals surface area (Å²) >= 11 is 1.95. The third-order valence-electron chi connectivity index (χ3n) is 4.94. The van der Waals surface area contributed by atoms with Gasteiger partial charge in [0.2, 0.25) is 0 Å². The quantitative estimate of drug-likeness (QED) is 0.268. The summed E-state index contributed by atoms with van der Waals surface area (Å²) in [6, 6.07) is 0. The molecule has 0 bridgehead atoms. The lowest BCUT2D eigenvalue weighted by Crippen LogP contribution is -2.18. The first-order valence-electron chi connectivity index (χ1n) is 10.5. The molecule has 0 aliphatic rings. The van der Waals surface area contributed by atoms with Crippen LogP contribution in [0.1, 0.15) is 97.3 Å². The Bertz CT molecular complexity index is 218. The Hall–Kier alpha value is 0.270. The molecular weight excluding hydrogens is 316 g/mol. The number of hydrogen-bond acceptors (Lipinski definition) is 3. The van der Waals surface area contributed by atoms with E-state index in [1.54, 1.807) is 7.11 Å². The summed E-state index contributed by atoms with van der Waals surface area (Å²) < 4.78 is 5.24. The molecule has 1 unspecified atom stereocenters. The minimum Gasteiger partial charge on any atom is -0.394 e. The second kappa shape index (κ2) is 19.6. The summed E-state index contributed by atoms with van der Waals surface area (Å²) in [6.45, 7) is 4.72. The molecule has 2 nitrogen and oxygen atoms in total. The molecule has 0 radical (unpaired) electrons. The maximum atomic E-state index is 9.17. The van der Waals surface area contributed by atoms with E-state index in [2.05, 4.69) is 13.8 Å². The van der Waals surface area contributed by atoms with E-state index in [-0.39, 0.29) is 12.7 Å². The van der Waals surface area contributed by atoms with Crippen LogP contribution in [0.2, 0.25) is 0 Å². The van der Waals surface area contributed by atoms with Crippen LogP contribution in [-0.4, -0.2) is 36.4 Å². The maximum absolute atomic E-state index is 9.17. The lowest BCUT2D eigenvalue weighted by molar-refractivity contribution is 0.0656. The molecule has 0 saturated carbocycles. The zero-order valence-electron chi connectivity index (χ0n) is 16.7. The van der Waals surface area contributed by atoms with Crippen molar-refractivity contribution in [3.05, 3.63) is 0 Å². The van der Waals surface area contributed by atoms with Gasteiger partial charge in [0.25, 0.3) is 0 Å². The second-order valence-electron chi connectivity index (χ2n) is 7.18. The Labute approximate surface area is 156 Å². The van der Waals surface area contributed by atoms with Crippen molar-refractivity contribution in [2.45, 2.75) is 103 Å². The largest absolute Gasteiger partial charge is 0.394 e. The number of aliphatic hydroxyl groups is 1. The number of aliphatic hydroxyl groups excluding tert-OH is 1. The summed E-state index contributed by atoms with van der Waals surface area (Å²) in [4.78, 5) is 0. The molecule has 0 saturated heterocycles. The van der Waals surface area contributed by atoms with Gasteiger partial charge in [-0.3, -0.25) is 0 Å². The van der Waals surface area contributed by atoms with Gasteiger partial charge in [0.15, 0.2) is 0 Å². The Morgan fingerprint density at radius 3 is 1.79 bits per heavy atom. The van der Waals surface area contributed by atoms with Crippen molar-refractivity contribution in [1.82, 2.24) is 0 Å². The molecule has 0 amide bonds. The van der Waals surface area contributed by atoms with Crippen LogP contribution in [0.3, 0.4) is 0 Å². The van der Waals surface area contributed by atoms with Crippen molar-refractivity contribution in [3.63, 3.8) is 0 Å². The van der Waals surface area contributed by atoms with Crippen molar-refractivity contribution >= 4 is 11.8 Å². The van der Waals surface area contributed by atoms with Gasteiger partial charge in [-0.05, 0) is 18.1 Å². The zero-order valence-corrected chi connectivity index (χ0v) is 17.5. The molecule has 0 spiro atoms. The van der Waals surface area contributed by atoms with Crippen LogP contribution in [-0.2, 0) is 4.74 Å². The summed E-state index contributed by atoms with van der Waals surface area (Å²) in [5, 5.41) is 9.17. The molecule has 146 valence electrons. The molecule has 0 rings (SSSR count). The molecular formula is C21H44O2S. The topological polar surface area (TPSA) is 29.5 Å².